The van der Waals surface area contributed by atoms with E-state index in [2.05, 4.69) is 0 Å². The molecule has 0 aliphatic carbocycles. The van der Waals surface area contributed by atoms with Crippen molar-refractivity contribution in [3.05, 3.63) is 23.7 Å². The van der Waals surface area contributed by atoms with Crippen LogP contribution in [0.2, 0.25) is 0 Å². The van der Waals surface area contributed by atoms with Gasteiger partial charge in [0, 0.05) is 0 Å². The van der Waals surface area contributed by atoms with E-state index in [1.807, 2.05) is 0 Å². The second-order valence-electron chi connectivity index (χ2n) is 2.48. The predicted molar refractivity (Wildman–Crippen MR) is 40.3 cm³/mol. The summed E-state index contributed by atoms with van der Waals surface area (Å²) in [5.74, 6) is 0.130. The van der Waals surface area contributed by atoms with Crippen LogP contribution in [-0.4, -0.2) is 16.0 Å². The fourth-order valence-corrected chi connectivity index (χ4v) is 0.827. The lowest BCUT2D eigenvalue weighted by Gasteiger charge is -2.00. The number of furan rings is 1. The van der Waals surface area contributed by atoms with Crippen molar-refractivity contribution in [3.8, 4) is 0 Å². The minimum absolute atomic E-state index is 0.173. The Morgan fingerprint density at radius 3 is 2.75 bits per heavy atom. The van der Waals surface area contributed by atoms with Crippen molar-refractivity contribution in [2.45, 2.75) is 19.6 Å². The number of hydrogen-bond acceptors (Lipinski definition) is 4. The van der Waals surface area contributed by atoms with Crippen LogP contribution in [0.3, 0.4) is 0 Å². The SMILES string of the molecule is CC(=O)[C@H](O)c1ccc(CO)o1. The summed E-state index contributed by atoms with van der Waals surface area (Å²) in [4.78, 5) is 10.7. The number of Topliss-reactive ketones (excluding diaryl/α,β-unsaturated/α-hetero) is 1. The summed E-state index contributed by atoms with van der Waals surface area (Å²) >= 11 is 0. The second-order valence-corrected chi connectivity index (χ2v) is 2.48. The Hall–Kier alpha value is -1.13. The summed E-state index contributed by atoms with van der Waals surface area (Å²) in [6, 6.07) is 2.99. The Kier molecular flexibility index (Phi) is 2.62. The lowest BCUT2D eigenvalue weighted by molar-refractivity contribution is -0.126. The maximum Gasteiger partial charge on any atom is 0.169 e. The van der Waals surface area contributed by atoms with Gasteiger partial charge in [-0.3, -0.25) is 4.79 Å². The van der Waals surface area contributed by atoms with E-state index in [0.717, 1.165) is 0 Å². The van der Waals surface area contributed by atoms with Crippen LogP contribution in [0.25, 0.3) is 0 Å². The van der Waals surface area contributed by atoms with Gasteiger partial charge in [0.1, 0.15) is 18.1 Å². The van der Waals surface area contributed by atoms with E-state index in [9.17, 15) is 9.90 Å². The topological polar surface area (TPSA) is 70.7 Å². The van der Waals surface area contributed by atoms with Crippen LogP contribution >= 0.6 is 0 Å². The van der Waals surface area contributed by atoms with Crippen molar-refractivity contribution in [2.24, 2.45) is 0 Å². The van der Waals surface area contributed by atoms with E-state index in [1.165, 1.54) is 19.1 Å². The number of carbonyl (C=O) groups excluding carboxylic acids is 1. The number of hydrogen-bond donors (Lipinski definition) is 2. The van der Waals surface area contributed by atoms with Crippen molar-refractivity contribution in [2.75, 3.05) is 0 Å². The molecule has 0 radical (unpaired) electrons. The van der Waals surface area contributed by atoms with Gasteiger partial charge in [-0.1, -0.05) is 0 Å². The molecule has 2 N–H and O–H groups in total. The minimum atomic E-state index is -1.22. The van der Waals surface area contributed by atoms with Crippen molar-refractivity contribution in [1.29, 1.82) is 0 Å². The number of aliphatic hydroxyl groups is 2. The molecule has 0 aromatic carbocycles. The molecule has 0 aliphatic heterocycles. The summed E-state index contributed by atoms with van der Waals surface area (Å²) in [5.41, 5.74) is 0. The zero-order valence-corrected chi connectivity index (χ0v) is 6.65. The fraction of sp³-hybridized carbons (Fsp3) is 0.375. The Morgan fingerprint density at radius 1 is 1.67 bits per heavy atom. The molecule has 1 rings (SSSR count). The Morgan fingerprint density at radius 2 is 2.33 bits per heavy atom. The van der Waals surface area contributed by atoms with Crippen LogP contribution in [0.1, 0.15) is 24.5 Å². The molecule has 1 atom stereocenters. The molecule has 0 spiro atoms. The van der Waals surface area contributed by atoms with Gasteiger partial charge in [0.25, 0.3) is 0 Å². The molecule has 4 heteroatoms. The molecule has 1 aromatic rings. The second kappa shape index (κ2) is 3.51. The van der Waals surface area contributed by atoms with E-state index in [1.54, 1.807) is 0 Å². The normalized spacial score (nSPS) is 12.9. The molecule has 1 heterocycles. The molecule has 1 aromatic heterocycles. The average Bonchev–Trinajstić information content (AvgIpc) is 2.50. The first-order valence-corrected chi connectivity index (χ1v) is 3.53. The van der Waals surface area contributed by atoms with Gasteiger partial charge in [0.15, 0.2) is 11.9 Å². The maximum atomic E-state index is 10.7. The summed E-state index contributed by atoms with van der Waals surface area (Å²) in [5, 5.41) is 17.8. The first-order valence-electron chi connectivity index (χ1n) is 3.53. The van der Waals surface area contributed by atoms with Gasteiger partial charge >= 0.3 is 0 Å². The summed E-state index contributed by atoms with van der Waals surface area (Å²) < 4.78 is 4.94. The third-order valence-corrected chi connectivity index (χ3v) is 1.49. The molecule has 0 amide bonds. The number of carbonyl (C=O) groups is 1. The quantitative estimate of drug-likeness (QED) is 0.688. The molecule has 12 heavy (non-hydrogen) atoms. The maximum absolute atomic E-state index is 10.7. The lowest BCUT2D eigenvalue weighted by atomic mass is 10.2. The summed E-state index contributed by atoms with van der Waals surface area (Å²) in [7, 11) is 0. The average molecular weight is 170 g/mol. The highest BCUT2D eigenvalue weighted by Crippen LogP contribution is 2.16. The van der Waals surface area contributed by atoms with Gasteiger partial charge < -0.3 is 14.6 Å². The molecule has 0 saturated heterocycles. The molecule has 0 bridgehead atoms. The van der Waals surface area contributed by atoms with E-state index < -0.39 is 6.10 Å². The van der Waals surface area contributed by atoms with Crippen molar-refractivity contribution >= 4 is 5.78 Å². The molecule has 0 fully saturated rings. The highest BCUT2D eigenvalue weighted by atomic mass is 16.4. The molecule has 4 nitrogen and oxygen atoms in total. The zero-order chi connectivity index (χ0) is 9.14. The summed E-state index contributed by atoms with van der Waals surface area (Å²) in [6.07, 6.45) is -1.22. The minimum Gasteiger partial charge on any atom is -0.460 e. The lowest BCUT2D eigenvalue weighted by Crippen LogP contribution is -2.05. The highest BCUT2D eigenvalue weighted by Gasteiger charge is 2.16. The first kappa shape index (κ1) is 8.96. The molecule has 66 valence electrons. The van der Waals surface area contributed by atoms with E-state index in [0.29, 0.717) is 5.76 Å². The molecule has 0 saturated carbocycles. The van der Waals surface area contributed by atoms with Crippen LogP contribution in [0.15, 0.2) is 16.5 Å². The largest absolute Gasteiger partial charge is 0.460 e. The van der Waals surface area contributed by atoms with Gasteiger partial charge in [-0.25, -0.2) is 0 Å². The van der Waals surface area contributed by atoms with Crippen LogP contribution < -0.4 is 0 Å². The summed E-state index contributed by atoms with van der Waals surface area (Å²) in [6.45, 7) is 1.04. The smallest absolute Gasteiger partial charge is 0.169 e. The first-order chi connectivity index (χ1) is 5.65. The third-order valence-electron chi connectivity index (χ3n) is 1.49. The standard InChI is InChI=1S/C8H10O4/c1-5(10)8(11)7-3-2-6(4-9)12-7/h2-3,8-9,11H,4H2,1H3/t8-/m0/s1. The van der Waals surface area contributed by atoms with Crippen LogP contribution in [0, 0.1) is 0 Å². The predicted octanol–water partition coefficient (Wildman–Crippen LogP) is 0.394. The third kappa shape index (κ3) is 1.72. The number of ketones is 1. The van der Waals surface area contributed by atoms with Gasteiger partial charge in [-0.2, -0.15) is 0 Å². The zero-order valence-electron chi connectivity index (χ0n) is 6.65. The van der Waals surface area contributed by atoms with Crippen LogP contribution in [0.5, 0.6) is 0 Å². The number of aliphatic hydroxyl groups excluding tert-OH is 2. The van der Waals surface area contributed by atoms with Gasteiger partial charge in [0.2, 0.25) is 0 Å². The molecule has 0 unspecified atom stereocenters. The van der Waals surface area contributed by atoms with E-state index in [4.69, 9.17) is 9.52 Å². The highest BCUT2D eigenvalue weighted by molar-refractivity contribution is 5.80. The van der Waals surface area contributed by atoms with Gasteiger partial charge in [-0.05, 0) is 19.1 Å². The van der Waals surface area contributed by atoms with Crippen molar-refractivity contribution in [1.82, 2.24) is 0 Å². The Labute approximate surface area is 69.4 Å². The molecular formula is C8H10O4. The number of rotatable bonds is 3. The van der Waals surface area contributed by atoms with Crippen molar-refractivity contribution < 1.29 is 19.4 Å². The Bertz CT molecular complexity index is 276. The van der Waals surface area contributed by atoms with Crippen LogP contribution in [0.4, 0.5) is 0 Å². The van der Waals surface area contributed by atoms with Gasteiger partial charge in [0.05, 0.1) is 0 Å². The van der Waals surface area contributed by atoms with E-state index in [-0.39, 0.29) is 18.2 Å². The molecular weight excluding hydrogens is 160 g/mol. The Balaban J connectivity index is 2.81. The van der Waals surface area contributed by atoms with Crippen molar-refractivity contribution in [3.63, 3.8) is 0 Å². The van der Waals surface area contributed by atoms with Crippen LogP contribution in [-0.2, 0) is 11.4 Å². The van der Waals surface area contributed by atoms with Gasteiger partial charge in [-0.15, -0.1) is 0 Å². The van der Waals surface area contributed by atoms with E-state index >= 15 is 0 Å². The fourth-order valence-electron chi connectivity index (χ4n) is 0.827. The monoisotopic (exact) mass is 170 g/mol. The molecule has 0 aliphatic rings.